The minimum Gasteiger partial charge on any atom is -0.508 e. The average Bonchev–Trinajstić information content (AvgIpc) is 3.12. The summed E-state index contributed by atoms with van der Waals surface area (Å²) < 4.78 is 34.4. The normalized spacial score (nSPS) is 29.3. The van der Waals surface area contributed by atoms with Gasteiger partial charge in [0, 0.05) is 23.8 Å². The highest BCUT2D eigenvalue weighted by Crippen LogP contribution is 2.38. The van der Waals surface area contributed by atoms with Crippen molar-refractivity contribution in [2.45, 2.75) is 68.3 Å². The van der Waals surface area contributed by atoms with E-state index in [0.717, 1.165) is 18.2 Å². The second-order valence-electron chi connectivity index (χ2n) is 12.3. The molecule has 16 nitrogen and oxygen atoms in total. The summed E-state index contributed by atoms with van der Waals surface area (Å²) in [6.45, 7) is 0.805. The van der Waals surface area contributed by atoms with Crippen LogP contribution in [0.15, 0.2) is 82.0 Å². The maximum absolute atomic E-state index is 13.9. The van der Waals surface area contributed by atoms with Crippen molar-refractivity contribution < 1.29 is 73.7 Å². The molecule has 0 aliphatic carbocycles. The van der Waals surface area contributed by atoms with Crippen molar-refractivity contribution in [3.8, 4) is 34.3 Å². The van der Waals surface area contributed by atoms with Crippen LogP contribution in [-0.4, -0.2) is 115 Å². The fourth-order valence-electron chi connectivity index (χ4n) is 5.82. The predicted octanol–water partition coefficient (Wildman–Crippen LogP) is 0.872. The van der Waals surface area contributed by atoms with Crippen molar-refractivity contribution in [2.75, 3.05) is 6.61 Å². The summed E-state index contributed by atoms with van der Waals surface area (Å²) in [4.78, 5) is 26.8. The topological polar surface area (TPSA) is 255 Å². The van der Waals surface area contributed by atoms with Gasteiger partial charge in [-0.25, -0.2) is 4.79 Å². The highest BCUT2D eigenvalue weighted by atomic mass is 16.7. The molecule has 2 saturated heterocycles. The first-order valence-corrected chi connectivity index (χ1v) is 16.1. The molecule has 2 aliphatic heterocycles. The molecule has 0 bridgehead atoms. The van der Waals surface area contributed by atoms with Crippen LogP contribution in [0.25, 0.3) is 28.4 Å². The third-order valence-electron chi connectivity index (χ3n) is 8.62. The van der Waals surface area contributed by atoms with Gasteiger partial charge < -0.3 is 69.0 Å². The van der Waals surface area contributed by atoms with Crippen LogP contribution < -0.4 is 10.2 Å². The Hall–Kier alpha value is -5.04. The first-order chi connectivity index (χ1) is 24.8. The number of aromatic hydroxyl groups is 3. The molecule has 0 unspecified atom stereocenters. The number of phenols is 3. The minimum absolute atomic E-state index is 0.121. The number of esters is 1. The van der Waals surface area contributed by atoms with Gasteiger partial charge in [-0.05, 0) is 42.8 Å². The molecule has 0 radical (unpaired) electrons. The molecule has 0 amide bonds. The van der Waals surface area contributed by atoms with Crippen LogP contribution in [-0.2, 0) is 23.7 Å². The lowest BCUT2D eigenvalue weighted by molar-refractivity contribution is -0.319. The predicted molar refractivity (Wildman–Crippen MR) is 178 cm³/mol. The lowest BCUT2D eigenvalue weighted by atomic mass is 9.98. The fraction of sp³-hybridized carbons (Fsp3) is 0.333. The van der Waals surface area contributed by atoms with Crippen LogP contribution in [0.2, 0.25) is 0 Å². The molecule has 10 atom stereocenters. The fourth-order valence-corrected chi connectivity index (χ4v) is 5.82. The van der Waals surface area contributed by atoms with E-state index in [2.05, 4.69) is 0 Å². The molecule has 0 saturated carbocycles. The van der Waals surface area contributed by atoms with Gasteiger partial charge in [-0.3, -0.25) is 4.79 Å². The third-order valence-corrected chi connectivity index (χ3v) is 8.62. The number of hydrogen-bond donors (Lipinski definition) is 8. The van der Waals surface area contributed by atoms with Crippen molar-refractivity contribution in [3.05, 3.63) is 88.6 Å². The monoisotopic (exact) mass is 724 g/mol. The van der Waals surface area contributed by atoms with Gasteiger partial charge in [-0.2, -0.15) is 0 Å². The summed E-state index contributed by atoms with van der Waals surface area (Å²) >= 11 is 0. The Balaban J connectivity index is 1.33. The van der Waals surface area contributed by atoms with Crippen molar-refractivity contribution in [3.63, 3.8) is 0 Å². The molecule has 8 N–H and O–H groups in total. The van der Waals surface area contributed by atoms with Gasteiger partial charge in [-0.15, -0.1) is 0 Å². The molecule has 2 aliphatic rings. The van der Waals surface area contributed by atoms with Crippen LogP contribution in [0.5, 0.6) is 23.0 Å². The lowest BCUT2D eigenvalue weighted by Crippen LogP contribution is -2.62. The van der Waals surface area contributed by atoms with E-state index in [0.29, 0.717) is 5.56 Å². The maximum atomic E-state index is 13.9. The third kappa shape index (κ3) is 7.59. The summed E-state index contributed by atoms with van der Waals surface area (Å²) in [5, 5.41) is 83.4. The van der Waals surface area contributed by atoms with E-state index in [-0.39, 0.29) is 22.7 Å². The number of aliphatic hydroxyl groups is 5. The Morgan fingerprint density at radius 1 is 0.808 bits per heavy atom. The number of aliphatic hydroxyl groups excluding tert-OH is 5. The lowest BCUT2D eigenvalue weighted by Gasteiger charge is -2.43. The largest absolute Gasteiger partial charge is 0.508 e. The number of ether oxygens (including phenoxy) is 5. The Bertz CT molecular complexity index is 1960. The molecule has 2 fully saturated rings. The summed E-state index contributed by atoms with van der Waals surface area (Å²) in [6, 6.07) is 16.0. The van der Waals surface area contributed by atoms with Crippen molar-refractivity contribution >= 4 is 23.0 Å². The van der Waals surface area contributed by atoms with Gasteiger partial charge in [0.05, 0.1) is 12.7 Å². The minimum atomic E-state index is -2.00. The highest BCUT2D eigenvalue weighted by Gasteiger charge is 2.50. The van der Waals surface area contributed by atoms with Crippen molar-refractivity contribution in [1.29, 1.82) is 0 Å². The Morgan fingerprint density at radius 3 is 2.21 bits per heavy atom. The van der Waals surface area contributed by atoms with Crippen LogP contribution in [0.4, 0.5) is 0 Å². The van der Waals surface area contributed by atoms with E-state index in [1.165, 1.54) is 37.3 Å². The second kappa shape index (κ2) is 15.3. The summed E-state index contributed by atoms with van der Waals surface area (Å²) in [6.07, 6.45) is -13.8. The van der Waals surface area contributed by atoms with Crippen LogP contribution in [0, 0.1) is 0 Å². The zero-order valence-corrected chi connectivity index (χ0v) is 27.3. The molecule has 0 spiro atoms. The molecule has 4 aromatic rings. The van der Waals surface area contributed by atoms with Crippen LogP contribution in [0.3, 0.4) is 0 Å². The quantitative estimate of drug-likeness (QED) is 0.0880. The van der Waals surface area contributed by atoms with E-state index >= 15 is 0 Å². The molecular weight excluding hydrogens is 688 g/mol. The van der Waals surface area contributed by atoms with E-state index in [1.54, 1.807) is 30.3 Å². The summed E-state index contributed by atoms with van der Waals surface area (Å²) in [5.41, 5.74) is -0.376. The summed E-state index contributed by atoms with van der Waals surface area (Å²) in [5.74, 6) is -3.04. The summed E-state index contributed by atoms with van der Waals surface area (Å²) in [7, 11) is 0. The zero-order chi connectivity index (χ0) is 37.3. The number of carbonyl (C=O) groups excluding carboxylic acids is 1. The Kier molecular flexibility index (Phi) is 10.8. The standard InChI is InChI=1S/C36H36O16/c1-16-26(41)28(43)30(45)35(48-16)47-15-23-33(51-24(40)12-7-17-5-3-2-4-6-17)29(44)31(46)36(50-23)52-34-27(42)25-21(39)13-20(38)14-22(25)49-32(34)18-8-10-19(37)11-9-18/h2-14,16,23,26,28-31,33,35-39,41,43-46H,15H2,1H3/b12-7+/t16-,23+,26-,28+,29+,30+,31+,33-,35+,36-/m0/s1. The Morgan fingerprint density at radius 2 is 1.50 bits per heavy atom. The molecule has 16 heteroatoms. The molecule has 6 rings (SSSR count). The number of fused-ring (bicyclic) bond motifs is 1. The van der Waals surface area contributed by atoms with Gasteiger partial charge >= 0.3 is 5.97 Å². The van der Waals surface area contributed by atoms with Gasteiger partial charge in [0.25, 0.3) is 0 Å². The highest BCUT2D eigenvalue weighted by molar-refractivity contribution is 5.88. The molecular formula is C36H36O16. The van der Waals surface area contributed by atoms with Gasteiger partial charge in [0.2, 0.25) is 17.5 Å². The SMILES string of the molecule is C[C@@H]1O[C@@H](OC[C@H]2O[C@@H](Oc3c(-c4ccc(O)cc4)oc4cc(O)cc(O)c4c3=O)[C@H](O)[C@@H](O)[C@H]2OC(=O)/C=C/c2ccccc2)[C@H](O)[C@H](O)[C@H]1O. The van der Waals surface area contributed by atoms with Crippen LogP contribution >= 0.6 is 0 Å². The molecule has 1 aromatic heterocycles. The van der Waals surface area contributed by atoms with Gasteiger partial charge in [0.1, 0.15) is 64.8 Å². The number of rotatable bonds is 9. The number of hydrogen-bond acceptors (Lipinski definition) is 16. The smallest absolute Gasteiger partial charge is 0.331 e. The Labute approximate surface area is 294 Å². The van der Waals surface area contributed by atoms with E-state index in [1.807, 2.05) is 0 Å². The average molecular weight is 725 g/mol. The zero-order valence-electron chi connectivity index (χ0n) is 27.3. The van der Waals surface area contributed by atoms with Gasteiger partial charge in [0.15, 0.2) is 18.2 Å². The van der Waals surface area contributed by atoms with Crippen LogP contribution in [0.1, 0.15) is 12.5 Å². The molecule has 276 valence electrons. The first kappa shape index (κ1) is 36.7. The van der Waals surface area contributed by atoms with Crippen molar-refractivity contribution in [1.82, 2.24) is 0 Å². The van der Waals surface area contributed by atoms with E-state index in [4.69, 9.17) is 28.1 Å². The number of phenolic OH excluding ortho intramolecular Hbond substituents is 3. The first-order valence-electron chi connectivity index (χ1n) is 16.1. The number of benzene rings is 3. The van der Waals surface area contributed by atoms with E-state index < -0.39 is 102 Å². The number of carbonyl (C=O) groups is 1. The van der Waals surface area contributed by atoms with E-state index in [9.17, 15) is 50.4 Å². The molecule has 3 aromatic carbocycles. The maximum Gasteiger partial charge on any atom is 0.331 e. The second-order valence-corrected chi connectivity index (χ2v) is 12.3. The van der Waals surface area contributed by atoms with Crippen molar-refractivity contribution in [2.24, 2.45) is 0 Å². The van der Waals surface area contributed by atoms with Gasteiger partial charge in [-0.1, -0.05) is 30.3 Å². The molecule has 52 heavy (non-hydrogen) atoms. The molecule has 3 heterocycles.